The molecular weight excluding hydrogens is 207 g/mol. The van der Waals surface area contributed by atoms with Crippen molar-refractivity contribution in [3.05, 3.63) is 23.4 Å². The molecule has 0 aliphatic carbocycles. The van der Waals surface area contributed by atoms with Gasteiger partial charge in [-0.3, -0.25) is 0 Å². The smallest absolute Gasteiger partial charge is 0.144 e. The molecule has 0 spiro atoms. The lowest BCUT2D eigenvalue weighted by Crippen LogP contribution is -2.07. The van der Waals surface area contributed by atoms with Crippen molar-refractivity contribution in [2.24, 2.45) is 0 Å². The van der Waals surface area contributed by atoms with Gasteiger partial charge >= 0.3 is 0 Å². The Labute approximate surface area is 88.3 Å². The fourth-order valence-corrected chi connectivity index (χ4v) is 1.20. The zero-order valence-corrected chi connectivity index (χ0v) is 8.94. The van der Waals surface area contributed by atoms with Crippen molar-refractivity contribution in [1.29, 1.82) is 0 Å². The van der Waals surface area contributed by atoms with E-state index in [4.69, 9.17) is 23.2 Å². The van der Waals surface area contributed by atoms with E-state index in [2.05, 4.69) is 10.3 Å². The molecule has 1 unspecified atom stereocenters. The molecule has 0 saturated carbocycles. The molecule has 1 atom stereocenters. The minimum atomic E-state index is 0.176. The number of halogens is 2. The van der Waals surface area contributed by atoms with Crippen molar-refractivity contribution in [2.75, 3.05) is 11.9 Å². The van der Waals surface area contributed by atoms with Crippen molar-refractivity contribution >= 4 is 29.0 Å². The number of alkyl halides is 1. The van der Waals surface area contributed by atoms with Crippen LogP contribution >= 0.6 is 23.2 Å². The third-order valence-electron chi connectivity index (χ3n) is 1.59. The van der Waals surface area contributed by atoms with Crippen LogP contribution in [0.1, 0.15) is 13.3 Å². The number of pyridine rings is 1. The Kier molecular flexibility index (Phi) is 4.33. The normalized spacial score (nSPS) is 12.5. The van der Waals surface area contributed by atoms with Crippen LogP contribution in [0.5, 0.6) is 0 Å². The van der Waals surface area contributed by atoms with Gasteiger partial charge in [0.1, 0.15) is 5.82 Å². The van der Waals surface area contributed by atoms with Crippen LogP contribution in [0.25, 0.3) is 0 Å². The maximum absolute atomic E-state index is 5.88. The average Bonchev–Trinajstić information content (AvgIpc) is 2.08. The summed E-state index contributed by atoms with van der Waals surface area (Å²) in [5, 5.41) is 3.94. The SMILES string of the molecule is CC(Cl)CCNc1ncccc1Cl. The van der Waals surface area contributed by atoms with E-state index in [0.717, 1.165) is 18.8 Å². The Morgan fingerprint density at radius 1 is 1.62 bits per heavy atom. The second-order valence-corrected chi connectivity index (χ2v) is 3.98. The van der Waals surface area contributed by atoms with Crippen molar-refractivity contribution < 1.29 is 0 Å². The summed E-state index contributed by atoms with van der Waals surface area (Å²) in [6, 6.07) is 3.61. The molecule has 1 aromatic heterocycles. The Bertz CT molecular complexity index is 264. The molecule has 0 saturated heterocycles. The number of nitrogens with zero attached hydrogens (tertiary/aromatic N) is 1. The summed E-state index contributed by atoms with van der Waals surface area (Å²) in [6.45, 7) is 2.75. The third kappa shape index (κ3) is 3.83. The molecule has 72 valence electrons. The number of anilines is 1. The van der Waals surface area contributed by atoms with Crippen molar-refractivity contribution in [1.82, 2.24) is 4.98 Å². The zero-order chi connectivity index (χ0) is 9.68. The first-order valence-corrected chi connectivity index (χ1v) is 5.00. The number of nitrogens with one attached hydrogen (secondary N) is 1. The summed E-state index contributed by atoms with van der Waals surface area (Å²) in [5.41, 5.74) is 0. The van der Waals surface area contributed by atoms with Gasteiger partial charge in [0.05, 0.1) is 5.02 Å². The molecule has 0 aromatic carbocycles. The van der Waals surface area contributed by atoms with Crippen LogP contribution in [-0.2, 0) is 0 Å². The summed E-state index contributed by atoms with van der Waals surface area (Å²) in [7, 11) is 0. The third-order valence-corrected chi connectivity index (χ3v) is 2.12. The predicted octanol–water partition coefficient (Wildman–Crippen LogP) is 3.16. The Balaban J connectivity index is 2.41. The monoisotopic (exact) mass is 218 g/mol. The average molecular weight is 219 g/mol. The van der Waals surface area contributed by atoms with Crippen LogP contribution in [0.2, 0.25) is 5.02 Å². The molecule has 1 rings (SSSR count). The van der Waals surface area contributed by atoms with Crippen molar-refractivity contribution in [3.8, 4) is 0 Å². The number of aromatic nitrogens is 1. The molecular formula is C9H12Cl2N2. The van der Waals surface area contributed by atoms with Gasteiger partial charge in [0.25, 0.3) is 0 Å². The first-order chi connectivity index (χ1) is 6.20. The van der Waals surface area contributed by atoms with E-state index >= 15 is 0 Å². The minimum absolute atomic E-state index is 0.176. The van der Waals surface area contributed by atoms with Crippen LogP contribution in [-0.4, -0.2) is 16.9 Å². The van der Waals surface area contributed by atoms with E-state index in [1.165, 1.54) is 0 Å². The van der Waals surface area contributed by atoms with Crippen LogP contribution in [0, 0.1) is 0 Å². The quantitative estimate of drug-likeness (QED) is 0.786. The van der Waals surface area contributed by atoms with Gasteiger partial charge in [0, 0.05) is 18.1 Å². The lowest BCUT2D eigenvalue weighted by Gasteiger charge is -2.07. The van der Waals surface area contributed by atoms with Crippen LogP contribution in [0.4, 0.5) is 5.82 Å². The van der Waals surface area contributed by atoms with Gasteiger partial charge in [-0.05, 0) is 25.5 Å². The Hall–Kier alpha value is -0.470. The maximum atomic E-state index is 5.88. The van der Waals surface area contributed by atoms with Gasteiger partial charge in [-0.2, -0.15) is 0 Å². The molecule has 0 amide bonds. The summed E-state index contributed by atoms with van der Waals surface area (Å²) in [6.07, 6.45) is 2.60. The molecule has 1 N–H and O–H groups in total. The van der Waals surface area contributed by atoms with Gasteiger partial charge in [-0.25, -0.2) is 4.98 Å². The summed E-state index contributed by atoms with van der Waals surface area (Å²) >= 11 is 11.7. The lowest BCUT2D eigenvalue weighted by atomic mass is 10.3. The zero-order valence-electron chi connectivity index (χ0n) is 7.43. The first kappa shape index (κ1) is 10.6. The van der Waals surface area contributed by atoms with E-state index in [-0.39, 0.29) is 5.38 Å². The van der Waals surface area contributed by atoms with Crippen molar-refractivity contribution in [2.45, 2.75) is 18.7 Å². The number of hydrogen-bond acceptors (Lipinski definition) is 2. The molecule has 0 radical (unpaired) electrons. The lowest BCUT2D eigenvalue weighted by molar-refractivity contribution is 0.839. The Morgan fingerprint density at radius 3 is 3.00 bits per heavy atom. The highest BCUT2D eigenvalue weighted by Gasteiger charge is 2.00. The molecule has 4 heteroatoms. The van der Waals surface area contributed by atoms with Gasteiger partial charge in [-0.1, -0.05) is 11.6 Å². The predicted molar refractivity (Wildman–Crippen MR) is 57.7 cm³/mol. The van der Waals surface area contributed by atoms with E-state index in [9.17, 15) is 0 Å². The summed E-state index contributed by atoms with van der Waals surface area (Å²) in [5.74, 6) is 0.724. The summed E-state index contributed by atoms with van der Waals surface area (Å²) < 4.78 is 0. The van der Waals surface area contributed by atoms with Gasteiger partial charge < -0.3 is 5.32 Å². The van der Waals surface area contributed by atoms with E-state index in [1.807, 2.05) is 6.92 Å². The summed E-state index contributed by atoms with van der Waals surface area (Å²) in [4.78, 5) is 4.09. The molecule has 13 heavy (non-hydrogen) atoms. The molecule has 1 aromatic rings. The second-order valence-electron chi connectivity index (χ2n) is 2.83. The maximum Gasteiger partial charge on any atom is 0.144 e. The van der Waals surface area contributed by atoms with Crippen molar-refractivity contribution in [3.63, 3.8) is 0 Å². The highest BCUT2D eigenvalue weighted by molar-refractivity contribution is 6.32. The Morgan fingerprint density at radius 2 is 2.38 bits per heavy atom. The van der Waals surface area contributed by atoms with Gasteiger partial charge in [0.15, 0.2) is 0 Å². The van der Waals surface area contributed by atoms with Gasteiger partial charge in [-0.15, -0.1) is 11.6 Å². The van der Waals surface area contributed by atoms with E-state index < -0.39 is 0 Å². The molecule has 0 aliphatic rings. The highest BCUT2D eigenvalue weighted by Crippen LogP contribution is 2.17. The fraction of sp³-hybridized carbons (Fsp3) is 0.444. The van der Waals surface area contributed by atoms with Crippen LogP contribution in [0.15, 0.2) is 18.3 Å². The molecule has 0 bridgehead atoms. The minimum Gasteiger partial charge on any atom is -0.369 e. The van der Waals surface area contributed by atoms with Crippen LogP contribution in [0.3, 0.4) is 0 Å². The molecule has 2 nitrogen and oxygen atoms in total. The number of rotatable bonds is 4. The van der Waals surface area contributed by atoms with E-state index in [0.29, 0.717) is 5.02 Å². The van der Waals surface area contributed by atoms with Crippen LogP contribution < -0.4 is 5.32 Å². The molecule has 0 aliphatic heterocycles. The topological polar surface area (TPSA) is 24.9 Å². The largest absolute Gasteiger partial charge is 0.369 e. The number of hydrogen-bond donors (Lipinski definition) is 1. The molecule has 1 heterocycles. The fourth-order valence-electron chi connectivity index (χ4n) is 0.905. The standard InChI is InChI=1S/C9H12Cl2N2/c1-7(10)4-6-13-9-8(11)3-2-5-12-9/h2-3,5,7H,4,6H2,1H3,(H,12,13). The van der Waals surface area contributed by atoms with Gasteiger partial charge in [0.2, 0.25) is 0 Å². The highest BCUT2D eigenvalue weighted by atomic mass is 35.5. The van der Waals surface area contributed by atoms with E-state index in [1.54, 1.807) is 18.3 Å². The second kappa shape index (κ2) is 5.30. The molecule has 0 fully saturated rings. The first-order valence-electron chi connectivity index (χ1n) is 4.18.